The zero-order valence-corrected chi connectivity index (χ0v) is 26.9. The molecule has 4 rings (SSSR count). The minimum atomic E-state index is -4.45. The van der Waals surface area contributed by atoms with Crippen LogP contribution in [-0.2, 0) is 35.2 Å². The fraction of sp³-hybridized carbons (Fsp3) is 0.536. The van der Waals surface area contributed by atoms with Crippen LogP contribution in [0.1, 0.15) is 25.8 Å². The van der Waals surface area contributed by atoms with E-state index in [0.717, 1.165) is 4.31 Å². The number of amides is 1. The van der Waals surface area contributed by atoms with Crippen LogP contribution in [0.15, 0.2) is 53.4 Å². The molecular formula is C28H38N3O13PS. The highest BCUT2D eigenvalue weighted by Gasteiger charge is 2.44. The Hall–Kier alpha value is -3.15. The van der Waals surface area contributed by atoms with Crippen LogP contribution >= 0.6 is 7.60 Å². The summed E-state index contributed by atoms with van der Waals surface area (Å²) in [5.41, 5.74) is 0.391. The van der Waals surface area contributed by atoms with Crippen LogP contribution in [0, 0.1) is 22.0 Å². The summed E-state index contributed by atoms with van der Waals surface area (Å²) in [6, 6.07) is 9.42. The molecule has 0 aromatic heterocycles. The lowest BCUT2D eigenvalue weighted by Crippen LogP contribution is -2.51. The number of nitrogens with zero attached hydrogens (tertiary/aromatic N) is 2. The summed E-state index contributed by atoms with van der Waals surface area (Å²) in [5, 5.41) is 25.2. The monoisotopic (exact) mass is 687 g/mol. The lowest BCUT2D eigenvalue weighted by molar-refractivity contribution is -0.384. The maximum atomic E-state index is 13.7. The Morgan fingerprint density at radius 3 is 2.41 bits per heavy atom. The number of hydrogen-bond donors (Lipinski definition) is 4. The van der Waals surface area contributed by atoms with Gasteiger partial charge in [0.2, 0.25) is 10.0 Å². The first-order valence-corrected chi connectivity index (χ1v) is 17.8. The molecule has 0 unspecified atom stereocenters. The number of rotatable bonds is 15. The van der Waals surface area contributed by atoms with E-state index in [9.17, 15) is 33.0 Å². The van der Waals surface area contributed by atoms with Gasteiger partial charge >= 0.3 is 13.7 Å². The number of sulfonamides is 1. The molecule has 0 saturated carbocycles. The number of nitro groups is 1. The molecule has 16 nitrogen and oxygen atoms in total. The summed E-state index contributed by atoms with van der Waals surface area (Å²) in [6.07, 6.45) is -3.57. The minimum Gasteiger partial charge on any atom is -0.481 e. The van der Waals surface area contributed by atoms with Crippen molar-refractivity contribution in [1.82, 2.24) is 9.62 Å². The van der Waals surface area contributed by atoms with Crippen LogP contribution < -0.4 is 10.1 Å². The van der Waals surface area contributed by atoms with Gasteiger partial charge in [-0.3, -0.25) is 14.7 Å². The smallest absolute Gasteiger partial charge is 0.407 e. The van der Waals surface area contributed by atoms with Crippen molar-refractivity contribution in [3.05, 3.63) is 64.2 Å². The van der Waals surface area contributed by atoms with Gasteiger partial charge in [0.25, 0.3) is 5.69 Å². The number of aliphatic hydroxyl groups is 1. The molecule has 0 aliphatic carbocycles. The van der Waals surface area contributed by atoms with Crippen LogP contribution in [0.5, 0.6) is 5.75 Å². The van der Waals surface area contributed by atoms with E-state index in [1.807, 2.05) is 0 Å². The minimum absolute atomic E-state index is 0.00698. The van der Waals surface area contributed by atoms with Gasteiger partial charge in [0.15, 0.2) is 12.6 Å². The lowest BCUT2D eigenvalue weighted by atomic mass is 10.0. The zero-order chi connectivity index (χ0) is 33.6. The quantitative estimate of drug-likeness (QED) is 0.120. The SMILES string of the molecule is CC(C)CN(C[C@@H](O)[C@H](Cc1ccc([N+](=O)[O-])cc1)NC(=O)O[C@H]1CO[C@H]2OCC[C@H]21)S(=O)(=O)c1ccc(OCP(=O)(O)O)cc1. The molecule has 0 spiro atoms. The normalized spacial score (nSPS) is 21.2. The maximum Gasteiger partial charge on any atom is 0.407 e. The summed E-state index contributed by atoms with van der Waals surface area (Å²) in [7, 11) is -8.66. The van der Waals surface area contributed by atoms with E-state index in [4.69, 9.17) is 28.7 Å². The first-order chi connectivity index (χ1) is 21.6. The number of ether oxygens (including phenoxy) is 4. The Bertz CT molecular complexity index is 1500. The summed E-state index contributed by atoms with van der Waals surface area (Å²) < 4.78 is 61.2. The molecule has 0 bridgehead atoms. The van der Waals surface area contributed by atoms with Crippen LogP contribution in [0.4, 0.5) is 10.5 Å². The van der Waals surface area contributed by atoms with E-state index in [-0.39, 0.29) is 47.7 Å². The average molecular weight is 688 g/mol. The van der Waals surface area contributed by atoms with Gasteiger partial charge in [-0.1, -0.05) is 26.0 Å². The first-order valence-electron chi connectivity index (χ1n) is 14.5. The highest BCUT2D eigenvalue weighted by Crippen LogP contribution is 2.35. The molecule has 2 saturated heterocycles. The summed E-state index contributed by atoms with van der Waals surface area (Å²) in [5.74, 6) is -0.251. The van der Waals surface area contributed by atoms with Crippen LogP contribution in [0.25, 0.3) is 0 Å². The van der Waals surface area contributed by atoms with Crippen LogP contribution in [-0.4, -0.2) is 95.8 Å². The molecule has 4 N–H and O–H groups in total. The first kappa shape index (κ1) is 35.7. The number of nitrogens with one attached hydrogen (secondary N) is 1. The molecule has 254 valence electrons. The zero-order valence-electron chi connectivity index (χ0n) is 25.2. The molecule has 46 heavy (non-hydrogen) atoms. The van der Waals surface area contributed by atoms with Crippen molar-refractivity contribution in [3.8, 4) is 5.75 Å². The van der Waals surface area contributed by atoms with E-state index in [2.05, 4.69) is 5.32 Å². The highest BCUT2D eigenvalue weighted by atomic mass is 32.2. The van der Waals surface area contributed by atoms with Gasteiger partial charge < -0.3 is 39.2 Å². The number of fused-ring (bicyclic) bond motifs is 1. The number of benzene rings is 2. The Morgan fingerprint density at radius 2 is 1.80 bits per heavy atom. The molecule has 2 aliphatic heterocycles. The van der Waals surface area contributed by atoms with E-state index >= 15 is 0 Å². The second kappa shape index (κ2) is 15.2. The van der Waals surface area contributed by atoms with E-state index in [1.54, 1.807) is 13.8 Å². The second-order valence-corrected chi connectivity index (χ2v) is 15.1. The Kier molecular flexibility index (Phi) is 11.8. The number of carbonyl (C=O) groups is 1. The van der Waals surface area contributed by atoms with E-state index in [0.29, 0.717) is 18.6 Å². The second-order valence-electron chi connectivity index (χ2n) is 11.5. The Morgan fingerprint density at radius 1 is 1.13 bits per heavy atom. The third kappa shape index (κ3) is 9.68. The molecule has 0 radical (unpaired) electrons. The van der Waals surface area contributed by atoms with Crippen molar-refractivity contribution in [2.24, 2.45) is 11.8 Å². The summed E-state index contributed by atoms with van der Waals surface area (Å²) in [6.45, 7) is 3.78. The van der Waals surface area contributed by atoms with Gasteiger partial charge in [-0.05, 0) is 48.6 Å². The summed E-state index contributed by atoms with van der Waals surface area (Å²) in [4.78, 5) is 41.5. The molecule has 2 fully saturated rings. The van der Waals surface area contributed by atoms with Gasteiger partial charge in [-0.2, -0.15) is 4.31 Å². The standard InChI is InChI=1S/C28H38N3O13PS/c1-18(2)14-30(46(39,40)22-9-7-21(8-10-22)43-17-45(36,37)38)15-25(32)24(13-19-3-5-20(6-4-19)31(34)35)29-28(33)44-26-16-42-27-23(26)11-12-41-27/h3-10,18,23-27,32H,11-17H2,1-2H3,(H,29,33)(H2,36,37,38)/t23-,24-,25+,26-,27+/m0/s1. The third-order valence-corrected chi connectivity index (χ3v) is 9.75. The van der Waals surface area contributed by atoms with Gasteiger partial charge in [0, 0.05) is 25.2 Å². The Balaban J connectivity index is 1.53. The molecular weight excluding hydrogens is 649 g/mol. The van der Waals surface area contributed by atoms with Crippen molar-refractivity contribution in [3.63, 3.8) is 0 Å². The van der Waals surface area contributed by atoms with Crippen LogP contribution in [0.2, 0.25) is 0 Å². The number of non-ortho nitro benzene ring substituents is 1. The highest BCUT2D eigenvalue weighted by molar-refractivity contribution is 7.89. The van der Waals surface area contributed by atoms with Crippen molar-refractivity contribution >= 4 is 29.4 Å². The van der Waals surface area contributed by atoms with E-state index < -0.39 is 66.1 Å². The fourth-order valence-corrected chi connectivity index (χ4v) is 7.13. The molecule has 2 aromatic rings. The lowest BCUT2D eigenvalue weighted by Gasteiger charge is -2.31. The average Bonchev–Trinajstić information content (AvgIpc) is 3.60. The van der Waals surface area contributed by atoms with Gasteiger partial charge in [0.05, 0.1) is 41.1 Å². The number of nitro benzene ring substituents is 1. The molecule has 5 atom stereocenters. The van der Waals surface area contributed by atoms with E-state index in [1.165, 1.54) is 48.5 Å². The van der Waals surface area contributed by atoms with Crippen molar-refractivity contribution in [2.75, 3.05) is 32.7 Å². The number of alkyl carbamates (subject to hydrolysis) is 1. The Labute approximate surface area is 266 Å². The largest absolute Gasteiger partial charge is 0.481 e. The molecule has 2 aromatic carbocycles. The maximum absolute atomic E-state index is 13.7. The predicted molar refractivity (Wildman–Crippen MR) is 161 cm³/mol. The summed E-state index contributed by atoms with van der Waals surface area (Å²) >= 11 is 0. The molecule has 2 aliphatic rings. The van der Waals surface area contributed by atoms with Crippen molar-refractivity contribution in [1.29, 1.82) is 0 Å². The number of aliphatic hydroxyl groups excluding tert-OH is 1. The van der Waals surface area contributed by atoms with Crippen molar-refractivity contribution in [2.45, 2.75) is 56.1 Å². The van der Waals surface area contributed by atoms with Gasteiger partial charge in [-0.15, -0.1) is 0 Å². The third-order valence-electron chi connectivity index (χ3n) is 7.43. The number of carbonyl (C=O) groups excluding carboxylic acids is 1. The number of hydrogen-bond acceptors (Lipinski definition) is 11. The van der Waals surface area contributed by atoms with Crippen LogP contribution in [0.3, 0.4) is 0 Å². The van der Waals surface area contributed by atoms with Gasteiger partial charge in [0.1, 0.15) is 11.9 Å². The fourth-order valence-electron chi connectivity index (χ4n) is 5.19. The van der Waals surface area contributed by atoms with Crippen molar-refractivity contribution < 1.29 is 56.5 Å². The predicted octanol–water partition coefficient (Wildman–Crippen LogP) is 2.22. The van der Waals surface area contributed by atoms with Gasteiger partial charge in [-0.25, -0.2) is 13.2 Å². The molecule has 1 amide bonds. The molecule has 2 heterocycles. The molecule has 18 heteroatoms. The topological polar surface area (TPSA) is 224 Å².